The van der Waals surface area contributed by atoms with Crippen LogP contribution in [0, 0.1) is 0 Å². The maximum absolute atomic E-state index is 12.0. The van der Waals surface area contributed by atoms with Gasteiger partial charge >= 0.3 is 5.97 Å². The van der Waals surface area contributed by atoms with Gasteiger partial charge in [-0.15, -0.1) is 0 Å². The maximum atomic E-state index is 12.0. The number of hydrogen-bond donors (Lipinski definition) is 3. The summed E-state index contributed by atoms with van der Waals surface area (Å²) in [6.07, 6.45) is 1.38. The third-order valence-electron chi connectivity index (χ3n) is 2.69. The van der Waals surface area contributed by atoms with E-state index in [0.717, 1.165) is 0 Å². The van der Waals surface area contributed by atoms with Crippen LogP contribution in [0.1, 0.15) is 20.8 Å². The van der Waals surface area contributed by atoms with Crippen LogP contribution < -0.4 is 10.1 Å². The van der Waals surface area contributed by atoms with Crippen LogP contribution in [0.2, 0.25) is 0 Å². The van der Waals surface area contributed by atoms with E-state index in [4.69, 9.17) is 9.84 Å². The molecule has 2 rings (SSSR count). The van der Waals surface area contributed by atoms with Gasteiger partial charge in [0.1, 0.15) is 17.1 Å². The van der Waals surface area contributed by atoms with Crippen LogP contribution in [-0.2, 0) is 0 Å². The smallest absolute Gasteiger partial charge is 0.339 e. The summed E-state index contributed by atoms with van der Waals surface area (Å²) in [7, 11) is 1.33. The normalized spacial score (nSPS) is 9.95. The zero-order chi connectivity index (χ0) is 15.4. The van der Waals surface area contributed by atoms with Crippen molar-refractivity contribution in [3.63, 3.8) is 0 Å². The summed E-state index contributed by atoms with van der Waals surface area (Å²) in [4.78, 5) is 26.7. The largest absolute Gasteiger partial charge is 0.505 e. The molecule has 0 aliphatic carbocycles. The van der Waals surface area contributed by atoms with E-state index < -0.39 is 11.9 Å². The Morgan fingerprint density at radius 1 is 1.29 bits per heavy atom. The van der Waals surface area contributed by atoms with Crippen LogP contribution in [0.5, 0.6) is 11.5 Å². The Morgan fingerprint density at radius 3 is 2.67 bits per heavy atom. The molecule has 0 unspecified atom stereocenters. The first kappa shape index (κ1) is 14.3. The molecule has 3 N–H and O–H groups in total. The number of pyridine rings is 1. The van der Waals surface area contributed by atoms with Crippen LogP contribution in [0.25, 0.3) is 0 Å². The van der Waals surface area contributed by atoms with E-state index in [1.54, 1.807) is 0 Å². The highest BCUT2D eigenvalue weighted by molar-refractivity contribution is 6.05. The summed E-state index contributed by atoms with van der Waals surface area (Å²) in [5.41, 5.74) is 0.182. The van der Waals surface area contributed by atoms with E-state index in [-0.39, 0.29) is 22.8 Å². The number of aromatic hydroxyl groups is 1. The number of carbonyl (C=O) groups is 2. The number of aromatic nitrogens is 1. The van der Waals surface area contributed by atoms with Crippen LogP contribution in [0.4, 0.5) is 5.69 Å². The Morgan fingerprint density at radius 2 is 2.05 bits per heavy atom. The van der Waals surface area contributed by atoms with Crippen molar-refractivity contribution in [2.45, 2.75) is 0 Å². The number of carbonyl (C=O) groups excluding carboxylic acids is 1. The van der Waals surface area contributed by atoms with Gasteiger partial charge in [-0.2, -0.15) is 0 Å². The highest BCUT2D eigenvalue weighted by Gasteiger charge is 2.15. The Hall–Kier alpha value is -3.09. The third-order valence-corrected chi connectivity index (χ3v) is 2.69. The zero-order valence-corrected chi connectivity index (χ0v) is 11.0. The number of anilines is 1. The van der Waals surface area contributed by atoms with Gasteiger partial charge in [-0.1, -0.05) is 0 Å². The van der Waals surface area contributed by atoms with E-state index in [0.29, 0.717) is 5.69 Å². The van der Waals surface area contributed by atoms with Gasteiger partial charge in [0.05, 0.1) is 7.11 Å². The molecule has 21 heavy (non-hydrogen) atoms. The van der Waals surface area contributed by atoms with E-state index in [2.05, 4.69) is 10.3 Å². The molecule has 1 aromatic heterocycles. The monoisotopic (exact) mass is 288 g/mol. The first-order chi connectivity index (χ1) is 10.0. The van der Waals surface area contributed by atoms with E-state index in [9.17, 15) is 14.7 Å². The number of amides is 1. The van der Waals surface area contributed by atoms with Crippen molar-refractivity contribution in [3.05, 3.63) is 47.8 Å². The van der Waals surface area contributed by atoms with Crippen molar-refractivity contribution < 1.29 is 24.5 Å². The summed E-state index contributed by atoms with van der Waals surface area (Å²) < 4.78 is 4.96. The molecule has 0 atom stereocenters. The SMILES string of the molecule is COc1cc(NC(=O)c2ncccc2O)ccc1C(=O)O. The fourth-order valence-corrected chi connectivity index (χ4v) is 1.71. The molecule has 0 aliphatic heterocycles. The minimum absolute atomic E-state index is 0.0174. The molecule has 0 radical (unpaired) electrons. The lowest BCUT2D eigenvalue weighted by Gasteiger charge is -2.09. The second-order valence-electron chi connectivity index (χ2n) is 4.05. The van der Waals surface area contributed by atoms with Crippen molar-refractivity contribution in [2.75, 3.05) is 12.4 Å². The molecule has 0 fully saturated rings. The number of aromatic carboxylic acids is 1. The van der Waals surface area contributed by atoms with E-state index >= 15 is 0 Å². The number of nitrogens with zero attached hydrogens (tertiary/aromatic N) is 1. The molecule has 0 spiro atoms. The predicted octanol–water partition coefficient (Wildman–Crippen LogP) is 1.75. The molecule has 108 valence electrons. The predicted molar refractivity (Wildman–Crippen MR) is 73.8 cm³/mol. The number of methoxy groups -OCH3 is 1. The maximum Gasteiger partial charge on any atom is 0.339 e. The van der Waals surface area contributed by atoms with Gasteiger partial charge in [-0.25, -0.2) is 9.78 Å². The Bertz CT molecular complexity index is 700. The summed E-state index contributed by atoms with van der Waals surface area (Å²) in [5, 5.41) is 21.0. The Labute approximate surface area is 119 Å². The lowest BCUT2D eigenvalue weighted by atomic mass is 10.1. The molecule has 1 amide bonds. The summed E-state index contributed by atoms with van der Waals surface area (Å²) in [6.45, 7) is 0. The average Bonchev–Trinajstić information content (AvgIpc) is 2.47. The van der Waals surface area contributed by atoms with Gasteiger partial charge in [0.25, 0.3) is 5.91 Å². The van der Waals surface area contributed by atoms with Gasteiger partial charge < -0.3 is 20.3 Å². The standard InChI is InChI=1S/C14H12N2O5/c1-21-11-7-8(4-5-9(11)14(19)20)16-13(18)12-10(17)3-2-6-15-12/h2-7,17H,1H3,(H,16,18)(H,19,20). The lowest BCUT2D eigenvalue weighted by Crippen LogP contribution is -2.14. The second-order valence-corrected chi connectivity index (χ2v) is 4.05. The quantitative estimate of drug-likeness (QED) is 0.790. The molecule has 0 aliphatic rings. The molecule has 1 heterocycles. The summed E-state index contributed by atoms with van der Waals surface area (Å²) in [6, 6.07) is 6.95. The van der Waals surface area contributed by atoms with Crippen LogP contribution >= 0.6 is 0 Å². The number of carboxylic acids is 1. The van der Waals surface area contributed by atoms with Crippen LogP contribution in [0.3, 0.4) is 0 Å². The number of hydrogen-bond acceptors (Lipinski definition) is 5. The molecular weight excluding hydrogens is 276 g/mol. The summed E-state index contributed by atoms with van der Waals surface area (Å²) >= 11 is 0. The van der Waals surface area contributed by atoms with E-state index in [1.807, 2.05) is 0 Å². The Balaban J connectivity index is 2.26. The molecule has 2 aromatic rings. The fourth-order valence-electron chi connectivity index (χ4n) is 1.71. The molecule has 0 saturated heterocycles. The highest BCUT2D eigenvalue weighted by Crippen LogP contribution is 2.24. The van der Waals surface area contributed by atoms with E-state index in [1.165, 1.54) is 43.6 Å². The molecule has 7 heteroatoms. The topological polar surface area (TPSA) is 109 Å². The molecular formula is C14H12N2O5. The van der Waals surface area contributed by atoms with Gasteiger partial charge in [-0.3, -0.25) is 4.79 Å². The number of carboxylic acid groups (broad SMARTS) is 1. The number of nitrogens with one attached hydrogen (secondary N) is 1. The Kier molecular flexibility index (Phi) is 4.03. The minimum atomic E-state index is -1.13. The molecule has 7 nitrogen and oxygen atoms in total. The summed E-state index contributed by atoms with van der Waals surface area (Å²) in [5.74, 6) is -1.88. The van der Waals surface area contributed by atoms with Gasteiger partial charge in [0.2, 0.25) is 0 Å². The average molecular weight is 288 g/mol. The minimum Gasteiger partial charge on any atom is -0.505 e. The first-order valence-corrected chi connectivity index (χ1v) is 5.89. The number of benzene rings is 1. The van der Waals surface area contributed by atoms with Crippen molar-refractivity contribution in [1.29, 1.82) is 0 Å². The zero-order valence-electron chi connectivity index (χ0n) is 11.0. The third kappa shape index (κ3) is 3.08. The van der Waals surface area contributed by atoms with Crippen LogP contribution in [-0.4, -0.2) is 34.2 Å². The van der Waals surface area contributed by atoms with Gasteiger partial charge in [-0.05, 0) is 24.3 Å². The fraction of sp³-hybridized carbons (Fsp3) is 0.0714. The molecule has 0 bridgehead atoms. The first-order valence-electron chi connectivity index (χ1n) is 5.89. The molecule has 0 saturated carbocycles. The highest BCUT2D eigenvalue weighted by atomic mass is 16.5. The number of rotatable bonds is 4. The van der Waals surface area contributed by atoms with Gasteiger partial charge in [0.15, 0.2) is 5.69 Å². The van der Waals surface area contributed by atoms with Crippen molar-refractivity contribution in [1.82, 2.24) is 4.98 Å². The van der Waals surface area contributed by atoms with Crippen molar-refractivity contribution in [3.8, 4) is 11.5 Å². The van der Waals surface area contributed by atoms with Crippen molar-refractivity contribution >= 4 is 17.6 Å². The van der Waals surface area contributed by atoms with Gasteiger partial charge in [0, 0.05) is 18.0 Å². The number of ether oxygens (including phenoxy) is 1. The molecule has 1 aromatic carbocycles. The lowest BCUT2D eigenvalue weighted by molar-refractivity contribution is 0.0693. The van der Waals surface area contributed by atoms with Crippen molar-refractivity contribution in [2.24, 2.45) is 0 Å². The van der Waals surface area contributed by atoms with Crippen LogP contribution in [0.15, 0.2) is 36.5 Å². The second kappa shape index (κ2) is 5.91.